The molecule has 84 valence electrons. The van der Waals surface area contributed by atoms with Gasteiger partial charge in [0, 0.05) is 5.54 Å². The van der Waals surface area contributed by atoms with E-state index in [1.807, 2.05) is 0 Å². The van der Waals surface area contributed by atoms with E-state index in [1.165, 1.54) is 6.07 Å². The van der Waals surface area contributed by atoms with Crippen molar-refractivity contribution >= 4 is 0 Å². The SMILES string of the molecule is CC(C)(N)c1ccc(F)c(C(F)(F)F)c1. The zero-order chi connectivity index (χ0) is 11.9. The van der Waals surface area contributed by atoms with Crippen molar-refractivity contribution in [3.63, 3.8) is 0 Å². The lowest BCUT2D eigenvalue weighted by molar-refractivity contribution is -0.140. The fraction of sp³-hybridized carbons (Fsp3) is 0.400. The fourth-order valence-electron chi connectivity index (χ4n) is 1.14. The molecule has 1 nitrogen and oxygen atoms in total. The Balaban J connectivity index is 3.30. The summed E-state index contributed by atoms with van der Waals surface area (Å²) in [5.41, 5.74) is 3.67. The topological polar surface area (TPSA) is 26.0 Å². The van der Waals surface area contributed by atoms with Crippen molar-refractivity contribution in [2.75, 3.05) is 0 Å². The maximum Gasteiger partial charge on any atom is 0.419 e. The molecule has 0 amide bonds. The minimum absolute atomic E-state index is 0.247. The third kappa shape index (κ3) is 2.68. The highest BCUT2D eigenvalue weighted by molar-refractivity contribution is 5.31. The molecule has 1 aromatic carbocycles. The fourth-order valence-corrected chi connectivity index (χ4v) is 1.14. The Labute approximate surface area is 84.9 Å². The van der Waals surface area contributed by atoms with Crippen molar-refractivity contribution in [3.8, 4) is 0 Å². The van der Waals surface area contributed by atoms with Gasteiger partial charge in [0.1, 0.15) is 5.82 Å². The predicted molar refractivity (Wildman–Crippen MR) is 48.6 cm³/mol. The highest BCUT2D eigenvalue weighted by Gasteiger charge is 2.35. The zero-order valence-electron chi connectivity index (χ0n) is 8.32. The van der Waals surface area contributed by atoms with Gasteiger partial charge in [0.2, 0.25) is 0 Å². The zero-order valence-corrected chi connectivity index (χ0v) is 8.32. The minimum Gasteiger partial charge on any atom is -0.322 e. The van der Waals surface area contributed by atoms with E-state index in [4.69, 9.17) is 5.73 Å². The highest BCUT2D eigenvalue weighted by atomic mass is 19.4. The van der Waals surface area contributed by atoms with Gasteiger partial charge >= 0.3 is 6.18 Å². The van der Waals surface area contributed by atoms with E-state index in [2.05, 4.69) is 0 Å². The van der Waals surface area contributed by atoms with Crippen molar-refractivity contribution in [2.24, 2.45) is 5.73 Å². The van der Waals surface area contributed by atoms with Gasteiger partial charge in [-0.2, -0.15) is 13.2 Å². The number of hydrogen-bond donors (Lipinski definition) is 1. The van der Waals surface area contributed by atoms with Gasteiger partial charge in [-0.15, -0.1) is 0 Å². The molecule has 0 atom stereocenters. The molecule has 1 rings (SSSR count). The summed E-state index contributed by atoms with van der Waals surface area (Å²) in [6.45, 7) is 3.11. The van der Waals surface area contributed by atoms with E-state index in [-0.39, 0.29) is 5.56 Å². The molecule has 0 aliphatic heterocycles. The molecule has 0 aliphatic carbocycles. The molecule has 0 fully saturated rings. The van der Waals surface area contributed by atoms with Crippen LogP contribution in [0.3, 0.4) is 0 Å². The Bertz CT molecular complexity index is 363. The number of halogens is 4. The molecule has 1 aromatic rings. The van der Waals surface area contributed by atoms with Gasteiger partial charge in [0.25, 0.3) is 0 Å². The molecule has 2 N–H and O–H groups in total. The molecule has 0 saturated carbocycles. The summed E-state index contributed by atoms with van der Waals surface area (Å²) in [7, 11) is 0. The summed E-state index contributed by atoms with van der Waals surface area (Å²) < 4.78 is 49.9. The lowest BCUT2D eigenvalue weighted by Crippen LogP contribution is -2.29. The number of benzene rings is 1. The summed E-state index contributed by atoms with van der Waals surface area (Å²) in [4.78, 5) is 0. The summed E-state index contributed by atoms with van der Waals surface area (Å²) in [5, 5.41) is 0. The molecule has 0 aromatic heterocycles. The van der Waals surface area contributed by atoms with Crippen molar-refractivity contribution in [1.82, 2.24) is 0 Å². The Kier molecular flexibility index (Phi) is 2.78. The molecule has 0 radical (unpaired) electrons. The summed E-state index contributed by atoms with van der Waals surface area (Å²) in [5.74, 6) is -1.28. The monoisotopic (exact) mass is 221 g/mol. The lowest BCUT2D eigenvalue weighted by atomic mass is 9.94. The van der Waals surface area contributed by atoms with E-state index >= 15 is 0 Å². The highest BCUT2D eigenvalue weighted by Crippen LogP contribution is 2.33. The van der Waals surface area contributed by atoms with Crippen LogP contribution >= 0.6 is 0 Å². The van der Waals surface area contributed by atoms with Gasteiger partial charge in [-0.3, -0.25) is 0 Å². The third-order valence-corrected chi connectivity index (χ3v) is 2.02. The predicted octanol–water partition coefficient (Wildman–Crippen LogP) is 3.04. The largest absolute Gasteiger partial charge is 0.419 e. The van der Waals surface area contributed by atoms with Crippen molar-refractivity contribution in [2.45, 2.75) is 25.6 Å². The molecule has 15 heavy (non-hydrogen) atoms. The molecule has 0 saturated heterocycles. The average molecular weight is 221 g/mol. The first-order valence-corrected chi connectivity index (χ1v) is 4.28. The average Bonchev–Trinajstić information content (AvgIpc) is 2.00. The second kappa shape index (κ2) is 3.48. The molecule has 0 heterocycles. The van der Waals surface area contributed by atoms with Crippen LogP contribution in [-0.2, 0) is 11.7 Å². The first-order valence-electron chi connectivity index (χ1n) is 4.28. The molecule has 5 heteroatoms. The van der Waals surface area contributed by atoms with Crippen molar-refractivity contribution in [1.29, 1.82) is 0 Å². The van der Waals surface area contributed by atoms with Crippen LogP contribution in [0.5, 0.6) is 0 Å². The smallest absolute Gasteiger partial charge is 0.322 e. The minimum atomic E-state index is -4.69. The quantitative estimate of drug-likeness (QED) is 0.725. The van der Waals surface area contributed by atoms with Crippen LogP contribution in [0.2, 0.25) is 0 Å². The van der Waals surface area contributed by atoms with Crippen LogP contribution < -0.4 is 5.73 Å². The van der Waals surface area contributed by atoms with Gasteiger partial charge in [-0.1, -0.05) is 6.07 Å². The Morgan fingerprint density at radius 2 is 1.67 bits per heavy atom. The van der Waals surface area contributed by atoms with Crippen LogP contribution in [0, 0.1) is 5.82 Å². The second-order valence-electron chi connectivity index (χ2n) is 3.91. The molecule has 0 unspecified atom stereocenters. The number of nitrogens with two attached hydrogens (primary N) is 1. The summed E-state index contributed by atoms with van der Waals surface area (Å²) >= 11 is 0. The number of rotatable bonds is 1. The van der Waals surface area contributed by atoms with Gasteiger partial charge in [-0.25, -0.2) is 4.39 Å². The van der Waals surface area contributed by atoms with E-state index in [9.17, 15) is 17.6 Å². The van der Waals surface area contributed by atoms with E-state index in [0.29, 0.717) is 0 Å². The van der Waals surface area contributed by atoms with E-state index in [1.54, 1.807) is 13.8 Å². The van der Waals surface area contributed by atoms with Gasteiger partial charge in [-0.05, 0) is 31.5 Å². The second-order valence-corrected chi connectivity index (χ2v) is 3.91. The molecule has 0 spiro atoms. The molecule has 0 aliphatic rings. The van der Waals surface area contributed by atoms with E-state index in [0.717, 1.165) is 12.1 Å². The first kappa shape index (κ1) is 12.0. The molecule has 0 bridgehead atoms. The van der Waals surface area contributed by atoms with E-state index < -0.39 is 23.1 Å². The maximum absolute atomic E-state index is 12.9. The maximum atomic E-state index is 12.9. The van der Waals surface area contributed by atoms with Gasteiger partial charge in [0.05, 0.1) is 5.56 Å². The van der Waals surface area contributed by atoms with Crippen molar-refractivity contribution in [3.05, 3.63) is 35.1 Å². The van der Waals surface area contributed by atoms with Crippen LogP contribution in [0.1, 0.15) is 25.0 Å². The molecular weight excluding hydrogens is 210 g/mol. The van der Waals surface area contributed by atoms with Crippen LogP contribution in [-0.4, -0.2) is 0 Å². The number of hydrogen-bond acceptors (Lipinski definition) is 1. The third-order valence-electron chi connectivity index (χ3n) is 2.02. The standard InChI is InChI=1S/C10H11F4N/c1-9(2,15)6-3-4-8(11)7(5-6)10(12,13)14/h3-5H,15H2,1-2H3. The van der Waals surface area contributed by atoms with Gasteiger partial charge < -0.3 is 5.73 Å². The van der Waals surface area contributed by atoms with Crippen LogP contribution in [0.25, 0.3) is 0 Å². The van der Waals surface area contributed by atoms with Gasteiger partial charge in [0.15, 0.2) is 0 Å². The molecular formula is C10H11F4N. The van der Waals surface area contributed by atoms with Crippen molar-refractivity contribution < 1.29 is 17.6 Å². The summed E-state index contributed by atoms with van der Waals surface area (Å²) in [6.07, 6.45) is -4.69. The first-order chi connectivity index (χ1) is 6.62. The summed E-state index contributed by atoms with van der Waals surface area (Å²) in [6, 6.07) is 2.78. The Hall–Kier alpha value is -1.10. The lowest BCUT2D eigenvalue weighted by Gasteiger charge is -2.20. The van der Waals surface area contributed by atoms with Crippen LogP contribution in [0.4, 0.5) is 17.6 Å². The Morgan fingerprint density at radius 3 is 2.07 bits per heavy atom. The Morgan fingerprint density at radius 1 is 1.13 bits per heavy atom. The van der Waals surface area contributed by atoms with Crippen LogP contribution in [0.15, 0.2) is 18.2 Å². The number of alkyl halides is 3. The normalized spacial score (nSPS) is 13.0.